The van der Waals surface area contributed by atoms with Crippen LogP contribution in [0.3, 0.4) is 0 Å². The molecule has 1 unspecified atom stereocenters. The third kappa shape index (κ3) is 9.86. The third-order valence-corrected chi connectivity index (χ3v) is 13.7. The molecule has 5 atom stereocenters. The molecule has 2 fully saturated rings. The number of urea groups is 1. The Morgan fingerprint density at radius 3 is 2.67 bits per heavy atom. The van der Waals surface area contributed by atoms with Crippen molar-refractivity contribution in [3.63, 3.8) is 0 Å². The zero-order valence-electron chi connectivity index (χ0n) is 39.1. The van der Waals surface area contributed by atoms with E-state index in [0.717, 1.165) is 45.1 Å². The number of ether oxygens (including phenoxy) is 2. The smallest absolute Gasteiger partial charge is 0.324 e. The van der Waals surface area contributed by atoms with Crippen LogP contribution in [0.25, 0.3) is 33.4 Å². The van der Waals surface area contributed by atoms with Gasteiger partial charge in [0.1, 0.15) is 24.3 Å². The Labute approximate surface area is 389 Å². The second kappa shape index (κ2) is 20.0. The molecule has 6 bridgehead atoms. The summed E-state index contributed by atoms with van der Waals surface area (Å²) in [5, 5.41) is 7.89. The zero-order chi connectivity index (χ0) is 47.6. The number of methoxy groups -OCH3 is 1. The molecule has 3 aromatic heterocycles. The highest BCUT2D eigenvalue weighted by molar-refractivity contribution is 7.10. The fraction of sp³-hybridized carbons (Fsp3) is 0.521. The van der Waals surface area contributed by atoms with Gasteiger partial charge in [-0.1, -0.05) is 40.3 Å². The number of likely N-dealkylation sites (N-methyl/N-ethyl adjacent to an activating group) is 2. The molecule has 66 heavy (non-hydrogen) atoms. The van der Waals surface area contributed by atoms with Crippen LogP contribution in [0.1, 0.15) is 63.7 Å². The quantitative estimate of drug-likeness (QED) is 0.155. The standard InChI is InChI=1S/C48H62FN9O7S/c1-10-41(59)54(7)39-24-56(23-33(39)49)47(63)55(8)42(28(3)4)44(60)52-35-21-40-51-37(26-66-40)29-16-17-38-31(20-29)32(43(57(38)11-2)30-14-12-18-50-36(30)25-64-9)22-48(5,6)27-65-46(62)34-15-13-19-58(53-34)45(35)61/h10,12,14,16-18,20,26,28,33-35,39,42,53H,1,11,13,15,19,21-25,27H2,2-9H3,(H,52,60)/t33-,34-,35-,39-,42?/m0/s1. The second-order valence-corrected chi connectivity index (χ2v) is 19.6. The van der Waals surface area contributed by atoms with Gasteiger partial charge in [-0.15, -0.1) is 11.3 Å². The first-order valence-corrected chi connectivity index (χ1v) is 23.5. The van der Waals surface area contributed by atoms with Crippen molar-refractivity contribution in [1.82, 2.24) is 45.0 Å². The van der Waals surface area contributed by atoms with Crippen molar-refractivity contribution in [1.29, 1.82) is 0 Å². The summed E-state index contributed by atoms with van der Waals surface area (Å²) < 4.78 is 29.2. The monoisotopic (exact) mass is 927 g/mol. The van der Waals surface area contributed by atoms with Crippen LogP contribution in [-0.2, 0) is 54.6 Å². The average molecular weight is 928 g/mol. The first-order valence-electron chi connectivity index (χ1n) is 22.6. The minimum Gasteiger partial charge on any atom is -0.464 e. The van der Waals surface area contributed by atoms with Crippen molar-refractivity contribution in [2.45, 2.75) is 104 Å². The van der Waals surface area contributed by atoms with Gasteiger partial charge in [-0.05, 0) is 68.0 Å². The van der Waals surface area contributed by atoms with Gasteiger partial charge in [-0.25, -0.2) is 19.6 Å². The number of aromatic nitrogens is 3. The molecular weight excluding hydrogens is 866 g/mol. The number of hydrogen-bond acceptors (Lipinski definition) is 11. The van der Waals surface area contributed by atoms with Crippen LogP contribution in [0.5, 0.6) is 0 Å². The Morgan fingerprint density at radius 1 is 1.18 bits per heavy atom. The van der Waals surface area contributed by atoms with Crippen molar-refractivity contribution in [3.05, 3.63) is 70.8 Å². The van der Waals surface area contributed by atoms with E-state index in [2.05, 4.69) is 60.9 Å². The van der Waals surface area contributed by atoms with Crippen LogP contribution in [0.4, 0.5) is 9.18 Å². The van der Waals surface area contributed by atoms with Gasteiger partial charge < -0.3 is 34.1 Å². The van der Waals surface area contributed by atoms with Gasteiger partial charge in [0.2, 0.25) is 11.8 Å². The van der Waals surface area contributed by atoms with E-state index in [0.29, 0.717) is 43.1 Å². The van der Waals surface area contributed by atoms with Crippen molar-refractivity contribution >= 4 is 52.0 Å². The molecule has 5 amide bonds. The van der Waals surface area contributed by atoms with Crippen molar-refractivity contribution in [2.24, 2.45) is 11.3 Å². The second-order valence-electron chi connectivity index (χ2n) is 18.6. The number of fused-ring (bicyclic) bond motifs is 6. The summed E-state index contributed by atoms with van der Waals surface area (Å²) >= 11 is 1.37. The number of hydrogen-bond donors (Lipinski definition) is 2. The number of hydrazine groups is 1. The number of halogens is 1. The zero-order valence-corrected chi connectivity index (χ0v) is 40.0. The number of alkyl halides is 1. The third-order valence-electron chi connectivity index (χ3n) is 12.9. The fourth-order valence-corrected chi connectivity index (χ4v) is 10.4. The van der Waals surface area contributed by atoms with Crippen LogP contribution < -0.4 is 10.7 Å². The van der Waals surface area contributed by atoms with Crippen molar-refractivity contribution < 1.29 is 37.8 Å². The molecule has 2 saturated heterocycles. The number of benzene rings is 1. The number of carbonyl (C=O) groups is 5. The first-order chi connectivity index (χ1) is 31.5. The minimum atomic E-state index is -1.50. The predicted molar refractivity (Wildman–Crippen MR) is 250 cm³/mol. The number of amides is 5. The van der Waals surface area contributed by atoms with E-state index in [4.69, 9.17) is 19.4 Å². The summed E-state index contributed by atoms with van der Waals surface area (Å²) in [5.74, 6) is -2.44. The minimum absolute atomic E-state index is 0.0212. The van der Waals surface area contributed by atoms with Crippen molar-refractivity contribution in [2.75, 3.05) is 47.4 Å². The Balaban J connectivity index is 1.24. The Morgan fingerprint density at radius 2 is 1.95 bits per heavy atom. The fourth-order valence-electron chi connectivity index (χ4n) is 9.52. The molecule has 18 heteroatoms. The summed E-state index contributed by atoms with van der Waals surface area (Å²) in [6.07, 6.45) is 2.89. The van der Waals surface area contributed by atoms with Crippen molar-refractivity contribution in [3.8, 4) is 22.5 Å². The van der Waals surface area contributed by atoms with E-state index in [1.54, 1.807) is 27.2 Å². The SMILES string of the molecule is C=CC(=O)N(C)[C@H]1CN(C(=O)N(C)C(C(=O)N[C@H]2Cc3nc(cs3)-c3ccc4c(c3)c(c(-c3cccnc3COC)n4CC)CC(C)(C)COC(=O)[C@@H]3CCCN(N3)C2=O)C(C)C)C[C@@H]1F. The van der Waals surface area contributed by atoms with Crippen LogP contribution in [0.2, 0.25) is 0 Å². The van der Waals surface area contributed by atoms with Crippen LogP contribution in [0.15, 0.2) is 54.6 Å². The molecule has 7 rings (SSSR count). The molecule has 354 valence electrons. The number of cyclic esters (lactones) is 1. The number of thiazole rings is 1. The summed E-state index contributed by atoms with van der Waals surface area (Å²) in [7, 11) is 4.59. The lowest BCUT2D eigenvalue weighted by Gasteiger charge is -2.37. The summed E-state index contributed by atoms with van der Waals surface area (Å²) in [5.41, 5.74) is 9.06. The maximum Gasteiger partial charge on any atom is 0.324 e. The normalized spacial score (nSPS) is 21.6. The lowest BCUT2D eigenvalue weighted by Crippen LogP contribution is -2.62. The molecule has 2 N–H and O–H groups in total. The number of nitrogens with one attached hydrogen (secondary N) is 2. The maximum atomic E-state index is 15.3. The lowest BCUT2D eigenvalue weighted by atomic mass is 9.84. The van der Waals surface area contributed by atoms with Gasteiger partial charge in [0.05, 0.1) is 47.9 Å². The van der Waals surface area contributed by atoms with E-state index in [1.807, 2.05) is 17.5 Å². The van der Waals surface area contributed by atoms with Gasteiger partial charge in [-0.3, -0.25) is 29.2 Å². The Kier molecular flexibility index (Phi) is 14.6. The van der Waals surface area contributed by atoms with Gasteiger partial charge in [0.25, 0.3) is 5.91 Å². The molecule has 0 aliphatic carbocycles. The van der Waals surface area contributed by atoms with E-state index >= 15 is 4.39 Å². The maximum absolute atomic E-state index is 15.3. The first kappa shape index (κ1) is 48.2. The molecular formula is C48H62FN9O7S. The van der Waals surface area contributed by atoms with Gasteiger partial charge in [0, 0.05) is 86.3 Å². The molecule has 3 aliphatic rings. The molecule has 1 aromatic carbocycles. The molecule has 3 aliphatic heterocycles. The summed E-state index contributed by atoms with van der Waals surface area (Å²) in [6, 6.07) is 5.78. The molecule has 16 nitrogen and oxygen atoms in total. The number of pyridine rings is 1. The van der Waals surface area contributed by atoms with E-state index in [-0.39, 0.29) is 32.7 Å². The number of likely N-dealkylation sites (tertiary alicyclic amines) is 1. The van der Waals surface area contributed by atoms with Gasteiger partial charge in [0.15, 0.2) is 0 Å². The van der Waals surface area contributed by atoms with Crippen LogP contribution >= 0.6 is 11.3 Å². The highest BCUT2D eigenvalue weighted by Gasteiger charge is 2.43. The number of nitrogens with zero attached hydrogens (tertiary/aromatic N) is 7. The number of aryl methyl sites for hydroxylation is 1. The average Bonchev–Trinajstić information content (AvgIpc) is 4.02. The lowest BCUT2D eigenvalue weighted by molar-refractivity contribution is -0.155. The number of esters is 1. The number of rotatable bonds is 10. The highest BCUT2D eigenvalue weighted by atomic mass is 32.1. The molecule has 0 saturated carbocycles. The summed E-state index contributed by atoms with van der Waals surface area (Å²) in [4.78, 5) is 82.7. The molecule has 0 spiro atoms. The van der Waals surface area contributed by atoms with Crippen LogP contribution in [0, 0.1) is 11.3 Å². The summed E-state index contributed by atoms with van der Waals surface area (Å²) in [6.45, 7) is 14.4. The largest absolute Gasteiger partial charge is 0.464 e. The van der Waals surface area contributed by atoms with E-state index < -0.39 is 71.4 Å². The number of carbonyl (C=O) groups excluding carboxylic acids is 5. The Hall–Kier alpha value is -5.72. The molecule has 0 radical (unpaired) electrons. The Bertz CT molecular complexity index is 2490. The van der Waals surface area contributed by atoms with E-state index in [9.17, 15) is 24.0 Å². The van der Waals surface area contributed by atoms with Gasteiger partial charge >= 0.3 is 12.0 Å². The highest BCUT2D eigenvalue weighted by Crippen LogP contribution is 2.41. The van der Waals surface area contributed by atoms with E-state index in [1.165, 1.54) is 45.1 Å². The molecule has 4 aromatic rings. The van der Waals surface area contributed by atoms with Gasteiger partial charge in [-0.2, -0.15) is 0 Å². The topological polar surface area (TPSA) is 172 Å². The molecule has 6 heterocycles. The predicted octanol–water partition coefficient (Wildman–Crippen LogP) is 5.38. The van der Waals surface area contributed by atoms with Crippen LogP contribution in [-0.4, -0.2) is 142 Å².